The van der Waals surface area contributed by atoms with Crippen LogP contribution >= 0.6 is 0 Å². The van der Waals surface area contributed by atoms with Gasteiger partial charge in [-0.05, 0) is 67.4 Å². The fourth-order valence-corrected chi connectivity index (χ4v) is 11.5. The first-order valence-corrected chi connectivity index (χ1v) is 21.4. The van der Waals surface area contributed by atoms with Crippen molar-refractivity contribution in [2.75, 3.05) is 40.9 Å². The summed E-state index contributed by atoms with van der Waals surface area (Å²) >= 11 is 0. The van der Waals surface area contributed by atoms with E-state index in [0.717, 1.165) is 29.7 Å². The number of aliphatic hydroxyl groups excluding tert-OH is 1. The molecule has 3 saturated heterocycles. The number of benzene rings is 3. The van der Waals surface area contributed by atoms with Crippen LogP contribution in [0.3, 0.4) is 0 Å². The van der Waals surface area contributed by atoms with Crippen molar-refractivity contribution in [1.29, 1.82) is 0 Å². The van der Waals surface area contributed by atoms with E-state index in [1.165, 1.54) is 0 Å². The first-order valence-electron chi connectivity index (χ1n) is 18.4. The molecule has 2 N–H and O–H groups in total. The molecule has 0 aliphatic carbocycles. The first-order chi connectivity index (χ1) is 24.9. The minimum absolute atomic E-state index is 0.0245. The van der Waals surface area contributed by atoms with Crippen LogP contribution in [0.25, 0.3) is 0 Å². The van der Waals surface area contributed by atoms with Gasteiger partial charge in [0.25, 0.3) is 5.91 Å². The number of aliphatic hydroxyl groups is 1. The molecule has 4 aliphatic heterocycles. The Morgan fingerprint density at radius 1 is 0.904 bits per heavy atom. The molecule has 274 valence electrons. The van der Waals surface area contributed by atoms with Crippen molar-refractivity contribution in [1.82, 2.24) is 4.90 Å². The Labute approximate surface area is 305 Å². The highest BCUT2D eigenvalue weighted by Gasteiger charge is 2.66. The van der Waals surface area contributed by atoms with Crippen molar-refractivity contribution in [3.05, 3.63) is 89.5 Å². The fraction of sp³-hybridized carbons (Fsp3) is 0.450. The second kappa shape index (κ2) is 14.2. The number of fused-ring (bicyclic) bond motifs is 2. The molecule has 12 heteroatoms. The summed E-state index contributed by atoms with van der Waals surface area (Å²) in [5.74, 6) is -0.914. The van der Waals surface area contributed by atoms with Crippen molar-refractivity contribution in [2.45, 2.75) is 82.5 Å². The Bertz CT molecular complexity index is 1870. The normalized spacial score (nSPS) is 24.4. The SMILES string of the molecule is C[C@H]1[C@H]([Si](C)(C)O)[C@@H](CC(=O)N(CCO)Cc2ccccc2)O[C@]12C(=O)N(Cc1cccc(N3CCCC3=O)c1)c1ccc(N3CCCC3=O)cc12. The average molecular weight is 725 g/mol. The number of hydrogen-bond acceptors (Lipinski definition) is 7. The molecule has 4 atom stereocenters. The van der Waals surface area contributed by atoms with E-state index in [1.54, 1.807) is 19.6 Å². The summed E-state index contributed by atoms with van der Waals surface area (Å²) in [4.78, 5) is 73.3. The largest absolute Gasteiger partial charge is 0.432 e. The van der Waals surface area contributed by atoms with Gasteiger partial charge in [0.05, 0.1) is 31.4 Å². The van der Waals surface area contributed by atoms with Gasteiger partial charge in [0, 0.05) is 67.4 Å². The number of nitrogens with zero attached hydrogens (tertiary/aromatic N) is 4. The van der Waals surface area contributed by atoms with Crippen LogP contribution in [0.1, 0.15) is 55.7 Å². The molecule has 4 aliphatic rings. The third-order valence-electron chi connectivity index (χ3n) is 11.3. The summed E-state index contributed by atoms with van der Waals surface area (Å²) in [6.45, 7) is 7.28. The average Bonchev–Trinajstić information content (AvgIpc) is 3.87. The topological polar surface area (TPSA) is 131 Å². The monoisotopic (exact) mass is 724 g/mol. The summed E-state index contributed by atoms with van der Waals surface area (Å²) in [5.41, 5.74) is 2.54. The predicted octanol–water partition coefficient (Wildman–Crippen LogP) is 4.70. The number of hydrogen-bond donors (Lipinski definition) is 2. The van der Waals surface area contributed by atoms with E-state index in [9.17, 15) is 24.3 Å². The highest BCUT2D eigenvalue weighted by atomic mass is 28.4. The molecule has 0 unspecified atom stereocenters. The highest BCUT2D eigenvalue weighted by Crippen LogP contribution is 2.60. The molecule has 4 amide bonds. The van der Waals surface area contributed by atoms with E-state index in [0.29, 0.717) is 49.4 Å². The van der Waals surface area contributed by atoms with E-state index in [-0.39, 0.29) is 49.7 Å². The van der Waals surface area contributed by atoms with E-state index in [4.69, 9.17) is 4.74 Å². The predicted molar refractivity (Wildman–Crippen MR) is 200 cm³/mol. The molecule has 7 rings (SSSR count). The minimum Gasteiger partial charge on any atom is -0.432 e. The van der Waals surface area contributed by atoms with Gasteiger partial charge in [0.1, 0.15) is 0 Å². The van der Waals surface area contributed by atoms with E-state index in [2.05, 4.69) is 0 Å². The molecule has 0 aromatic heterocycles. The molecule has 0 radical (unpaired) electrons. The molecule has 3 aromatic carbocycles. The highest BCUT2D eigenvalue weighted by molar-refractivity contribution is 6.71. The van der Waals surface area contributed by atoms with Gasteiger partial charge < -0.3 is 34.2 Å². The van der Waals surface area contributed by atoms with E-state index >= 15 is 4.79 Å². The lowest BCUT2D eigenvalue weighted by Crippen LogP contribution is -2.46. The third-order valence-corrected chi connectivity index (χ3v) is 13.8. The molecule has 3 fully saturated rings. The van der Waals surface area contributed by atoms with Crippen molar-refractivity contribution in [3.8, 4) is 0 Å². The molecule has 52 heavy (non-hydrogen) atoms. The van der Waals surface area contributed by atoms with Crippen LogP contribution in [0.4, 0.5) is 17.1 Å². The van der Waals surface area contributed by atoms with Gasteiger partial charge >= 0.3 is 0 Å². The fourth-order valence-electron chi connectivity index (χ4n) is 8.96. The number of carbonyl (C=O) groups is 4. The van der Waals surface area contributed by atoms with Crippen molar-refractivity contribution in [3.63, 3.8) is 0 Å². The summed E-state index contributed by atoms with van der Waals surface area (Å²) in [5, 5.41) is 9.88. The lowest BCUT2D eigenvalue weighted by Gasteiger charge is -2.33. The molecule has 11 nitrogen and oxygen atoms in total. The van der Waals surface area contributed by atoms with Gasteiger partial charge in [-0.25, -0.2) is 0 Å². The van der Waals surface area contributed by atoms with Gasteiger partial charge in [-0.15, -0.1) is 0 Å². The Kier molecular flexibility index (Phi) is 9.85. The molecular weight excluding hydrogens is 677 g/mol. The lowest BCUT2D eigenvalue weighted by molar-refractivity contribution is -0.150. The minimum atomic E-state index is -3.08. The smallest absolute Gasteiger partial charge is 0.264 e. The number of amides is 4. The molecule has 1 spiro atoms. The maximum atomic E-state index is 15.1. The quantitative estimate of drug-likeness (QED) is 0.275. The second-order valence-corrected chi connectivity index (χ2v) is 19.1. The number of ether oxygens (including phenoxy) is 1. The Morgan fingerprint density at radius 3 is 2.17 bits per heavy atom. The van der Waals surface area contributed by atoms with Crippen LogP contribution in [0.15, 0.2) is 72.8 Å². The van der Waals surface area contributed by atoms with Crippen LogP contribution in [0.5, 0.6) is 0 Å². The summed E-state index contributed by atoms with van der Waals surface area (Å²) in [6, 6.07) is 22.9. The van der Waals surface area contributed by atoms with Gasteiger partial charge in [-0.3, -0.25) is 19.2 Å². The molecule has 0 bridgehead atoms. The summed E-state index contributed by atoms with van der Waals surface area (Å²) in [6.07, 6.45) is 1.68. The van der Waals surface area contributed by atoms with Crippen LogP contribution in [0, 0.1) is 5.92 Å². The van der Waals surface area contributed by atoms with Crippen LogP contribution < -0.4 is 14.7 Å². The second-order valence-electron chi connectivity index (χ2n) is 15.1. The summed E-state index contributed by atoms with van der Waals surface area (Å²) < 4.78 is 7.00. The Morgan fingerprint density at radius 2 is 1.56 bits per heavy atom. The molecule has 3 aromatic rings. The first kappa shape index (κ1) is 36.0. The maximum absolute atomic E-state index is 15.1. The number of carbonyl (C=O) groups excluding carboxylic acids is 4. The zero-order chi connectivity index (χ0) is 36.8. The van der Waals surface area contributed by atoms with E-state index in [1.807, 2.05) is 92.8 Å². The standard InChI is InChI=1S/C40H48N4O7Si/c1-27-38(52(2,3)50)34(24-37(48)41(20-21-45)25-28-10-5-4-6-11-28)51-40(27)32-23-31(43-19-9-15-36(43)47)16-17-33(32)44(39(40)49)26-29-12-7-13-30(22-29)42-18-8-14-35(42)46/h4-7,10-13,16-17,22-23,27,34,38,45,50H,8-9,14-15,18-21,24-26H2,1-3H3/t27-,34+,38-,40+/m0/s1. The van der Waals surface area contributed by atoms with Crippen molar-refractivity contribution in [2.24, 2.45) is 5.92 Å². The maximum Gasteiger partial charge on any atom is 0.264 e. The third kappa shape index (κ3) is 6.46. The van der Waals surface area contributed by atoms with Gasteiger partial charge in [0.15, 0.2) is 13.9 Å². The van der Waals surface area contributed by atoms with Crippen molar-refractivity contribution < 1.29 is 33.8 Å². The molecule has 0 saturated carbocycles. The zero-order valence-corrected chi connectivity index (χ0v) is 31.2. The van der Waals surface area contributed by atoms with Crippen LogP contribution in [-0.4, -0.2) is 79.1 Å². The Hall–Kier alpha value is -4.36. The van der Waals surface area contributed by atoms with E-state index < -0.39 is 31.5 Å². The number of anilines is 3. The zero-order valence-electron chi connectivity index (χ0n) is 30.2. The van der Waals surface area contributed by atoms with Crippen molar-refractivity contribution >= 4 is 49.0 Å². The van der Waals surface area contributed by atoms with Crippen LogP contribution in [-0.2, 0) is 42.6 Å². The van der Waals surface area contributed by atoms with Gasteiger partial charge in [0.2, 0.25) is 17.7 Å². The van der Waals surface area contributed by atoms with Gasteiger partial charge in [-0.1, -0.05) is 49.4 Å². The van der Waals surface area contributed by atoms with Crippen LogP contribution in [0.2, 0.25) is 18.6 Å². The van der Waals surface area contributed by atoms with Gasteiger partial charge in [-0.2, -0.15) is 0 Å². The summed E-state index contributed by atoms with van der Waals surface area (Å²) in [7, 11) is -3.08. The lowest BCUT2D eigenvalue weighted by atomic mass is 9.82. The molecule has 4 heterocycles. The molecular formula is C40H48N4O7Si. The number of rotatable bonds is 11. The Balaban J connectivity index is 1.26.